The number of anilines is 2. The molecule has 1 saturated carbocycles. The van der Waals surface area contributed by atoms with Gasteiger partial charge in [0.25, 0.3) is 0 Å². The molecule has 1 saturated heterocycles. The fourth-order valence-corrected chi connectivity index (χ4v) is 6.85. The zero-order chi connectivity index (χ0) is 29.6. The van der Waals surface area contributed by atoms with E-state index in [-0.39, 0.29) is 18.2 Å². The molecular formula is C30H35N9O2S. The van der Waals surface area contributed by atoms with Crippen LogP contribution in [0.15, 0.2) is 36.7 Å². The van der Waals surface area contributed by atoms with Gasteiger partial charge in [-0.2, -0.15) is 10.4 Å². The Morgan fingerprint density at radius 2 is 1.90 bits per heavy atom. The van der Waals surface area contributed by atoms with Gasteiger partial charge in [-0.15, -0.1) is 10.2 Å². The second-order valence-corrected chi connectivity index (χ2v) is 13.3. The van der Waals surface area contributed by atoms with Gasteiger partial charge in [0, 0.05) is 37.1 Å². The van der Waals surface area contributed by atoms with E-state index < -0.39 is 5.60 Å². The summed E-state index contributed by atoms with van der Waals surface area (Å²) >= 11 is 1.56. The summed E-state index contributed by atoms with van der Waals surface area (Å²) in [7, 11) is 0. The van der Waals surface area contributed by atoms with Crippen LogP contribution in [0.4, 0.5) is 15.6 Å². The van der Waals surface area contributed by atoms with Crippen molar-refractivity contribution >= 4 is 33.8 Å². The monoisotopic (exact) mass is 585 g/mol. The van der Waals surface area contributed by atoms with Gasteiger partial charge in [0.15, 0.2) is 5.01 Å². The van der Waals surface area contributed by atoms with E-state index in [9.17, 15) is 10.1 Å². The maximum Gasteiger partial charge on any atom is 0.407 e. The summed E-state index contributed by atoms with van der Waals surface area (Å²) in [5, 5.41) is 31.2. The lowest BCUT2D eigenvalue weighted by Crippen LogP contribution is -2.53. The summed E-state index contributed by atoms with van der Waals surface area (Å²) < 4.78 is 7.31. The molecule has 3 atom stereocenters. The van der Waals surface area contributed by atoms with Crippen molar-refractivity contribution in [3.05, 3.63) is 42.2 Å². The topological polar surface area (TPSA) is 133 Å². The van der Waals surface area contributed by atoms with Crippen molar-refractivity contribution in [3.63, 3.8) is 0 Å². The third-order valence-electron chi connectivity index (χ3n) is 7.67. The lowest BCUT2D eigenvalue weighted by Gasteiger charge is -2.38. The van der Waals surface area contributed by atoms with E-state index in [0.29, 0.717) is 17.4 Å². The quantitative estimate of drug-likeness (QED) is 0.307. The number of nitriles is 1. The number of fused-ring (bicyclic) bond motifs is 3. The number of alkyl carbamates (subject to hydrolysis) is 1. The Labute approximate surface area is 248 Å². The van der Waals surface area contributed by atoms with Crippen LogP contribution in [0.25, 0.3) is 27.5 Å². The first-order chi connectivity index (χ1) is 20.1. The van der Waals surface area contributed by atoms with Crippen LogP contribution < -0.4 is 15.5 Å². The van der Waals surface area contributed by atoms with Crippen molar-refractivity contribution in [2.45, 2.75) is 65.1 Å². The van der Waals surface area contributed by atoms with Crippen LogP contribution in [-0.4, -0.2) is 61.7 Å². The number of aromatic nitrogens is 5. The molecule has 2 bridgehead atoms. The normalized spacial score (nSPS) is 20.1. The van der Waals surface area contributed by atoms with Crippen molar-refractivity contribution in [1.29, 1.82) is 5.26 Å². The van der Waals surface area contributed by atoms with Crippen molar-refractivity contribution in [2.75, 3.05) is 23.3 Å². The summed E-state index contributed by atoms with van der Waals surface area (Å²) in [5.41, 5.74) is 4.24. The standard InChI is InChI=1S/C30H35N9O2S/c1-17(2)34-23-11-24(25-9-8-21-10-18(12-31)13-33-39(21)25)32-14-22(23)27-36-37-28(42-27)38-15-19-6-7-20(16-38)26(19)35-29(40)41-30(3,4)5/h8-11,13-14,17,19-20,26H,6-7,15-16H2,1-5H3,(H,32,34)(H,35,40)/t19-,20+,26-. The van der Waals surface area contributed by atoms with Gasteiger partial charge >= 0.3 is 6.09 Å². The number of hydrogen-bond donors (Lipinski definition) is 2. The third-order valence-corrected chi connectivity index (χ3v) is 8.69. The smallest absolute Gasteiger partial charge is 0.407 e. The van der Waals surface area contributed by atoms with Crippen LogP contribution >= 0.6 is 11.3 Å². The molecule has 2 N–H and O–H groups in total. The van der Waals surface area contributed by atoms with Crippen LogP contribution in [0, 0.1) is 23.2 Å². The Morgan fingerprint density at radius 1 is 1.14 bits per heavy atom. The minimum Gasteiger partial charge on any atom is -0.444 e. The third kappa shape index (κ3) is 5.61. The molecular weight excluding hydrogens is 550 g/mol. The molecule has 1 aliphatic carbocycles. The van der Waals surface area contributed by atoms with Crippen molar-refractivity contribution in [3.8, 4) is 28.0 Å². The molecule has 6 rings (SSSR count). The van der Waals surface area contributed by atoms with E-state index in [1.807, 2.05) is 51.2 Å². The van der Waals surface area contributed by atoms with Gasteiger partial charge in [-0.3, -0.25) is 4.98 Å². The zero-order valence-corrected chi connectivity index (χ0v) is 25.3. The van der Waals surface area contributed by atoms with Crippen LogP contribution in [0.3, 0.4) is 0 Å². The molecule has 1 amide bonds. The Morgan fingerprint density at radius 3 is 2.60 bits per heavy atom. The molecule has 0 aromatic carbocycles. The van der Waals surface area contributed by atoms with Crippen LogP contribution in [0.5, 0.6) is 0 Å². The maximum absolute atomic E-state index is 12.5. The SMILES string of the molecule is CC(C)Nc1cc(-c2ccc3cc(C#N)cnn23)ncc1-c1nnc(N2C[C@H]3CC[C@@H](C2)[C@@H]3NC(=O)OC(C)(C)C)s1. The van der Waals surface area contributed by atoms with Gasteiger partial charge in [-0.05, 0) is 83.6 Å². The molecule has 12 heteroatoms. The summed E-state index contributed by atoms with van der Waals surface area (Å²) in [6.45, 7) is 11.5. The maximum atomic E-state index is 12.5. The number of amides is 1. The molecule has 5 heterocycles. The Balaban J connectivity index is 1.23. The van der Waals surface area contributed by atoms with Crippen molar-refractivity contribution in [2.24, 2.45) is 11.8 Å². The summed E-state index contributed by atoms with van der Waals surface area (Å²) in [6, 6.07) is 10.2. The van der Waals surface area contributed by atoms with E-state index >= 15 is 0 Å². The van der Waals surface area contributed by atoms with E-state index in [0.717, 1.165) is 64.2 Å². The highest BCUT2D eigenvalue weighted by atomic mass is 32.1. The number of piperidine rings is 1. The highest BCUT2D eigenvalue weighted by Gasteiger charge is 2.44. The lowest BCUT2D eigenvalue weighted by atomic mass is 9.92. The first-order valence-corrected chi connectivity index (χ1v) is 15.1. The number of pyridine rings is 1. The molecule has 218 valence electrons. The van der Waals surface area contributed by atoms with Crippen LogP contribution in [-0.2, 0) is 4.74 Å². The van der Waals surface area contributed by atoms with Gasteiger partial charge in [-0.1, -0.05) is 11.3 Å². The van der Waals surface area contributed by atoms with Crippen LogP contribution in [0.1, 0.15) is 53.0 Å². The van der Waals surface area contributed by atoms with Gasteiger partial charge in [0.2, 0.25) is 5.13 Å². The first-order valence-electron chi connectivity index (χ1n) is 14.3. The molecule has 4 aromatic rings. The second-order valence-electron chi connectivity index (χ2n) is 12.4. The number of rotatable bonds is 6. The second kappa shape index (κ2) is 10.9. The van der Waals surface area contributed by atoms with E-state index in [1.165, 1.54) is 0 Å². The molecule has 0 unspecified atom stereocenters. The highest BCUT2D eigenvalue weighted by Crippen LogP contribution is 2.41. The van der Waals surface area contributed by atoms with Gasteiger partial charge in [0.05, 0.1) is 34.2 Å². The fourth-order valence-electron chi connectivity index (χ4n) is 5.96. The number of nitrogens with zero attached hydrogens (tertiary/aromatic N) is 7. The van der Waals surface area contributed by atoms with Gasteiger partial charge < -0.3 is 20.3 Å². The predicted molar refractivity (Wildman–Crippen MR) is 162 cm³/mol. The first kappa shape index (κ1) is 27.9. The van der Waals surface area contributed by atoms with E-state index in [2.05, 4.69) is 50.7 Å². The fraction of sp³-hybridized carbons (Fsp3) is 0.467. The molecule has 4 aromatic heterocycles. The summed E-state index contributed by atoms with van der Waals surface area (Å²) in [4.78, 5) is 19.6. The van der Waals surface area contributed by atoms with Crippen molar-refractivity contribution < 1.29 is 9.53 Å². The molecule has 2 aliphatic rings. The number of hydrogen-bond acceptors (Lipinski definition) is 10. The van der Waals surface area contributed by atoms with Crippen LogP contribution in [0.2, 0.25) is 0 Å². The number of carbonyl (C=O) groups is 1. The zero-order valence-electron chi connectivity index (χ0n) is 24.5. The Hall–Kier alpha value is -4.24. The number of nitrogens with one attached hydrogen (secondary N) is 2. The molecule has 2 fully saturated rings. The van der Waals surface area contributed by atoms with Crippen molar-refractivity contribution in [1.82, 2.24) is 30.1 Å². The Kier molecular flexibility index (Phi) is 7.22. The Bertz CT molecular complexity index is 1650. The predicted octanol–water partition coefficient (Wildman–Crippen LogP) is 5.35. The van der Waals surface area contributed by atoms with Gasteiger partial charge in [-0.25, -0.2) is 9.31 Å². The minimum absolute atomic E-state index is 0.119. The minimum atomic E-state index is -0.516. The average molecular weight is 586 g/mol. The molecule has 11 nitrogen and oxygen atoms in total. The summed E-state index contributed by atoms with van der Waals surface area (Å²) in [6.07, 6.45) is 5.20. The van der Waals surface area contributed by atoms with Gasteiger partial charge in [0.1, 0.15) is 11.7 Å². The molecule has 0 spiro atoms. The molecule has 42 heavy (non-hydrogen) atoms. The summed E-state index contributed by atoms with van der Waals surface area (Å²) in [5.74, 6) is 0.690. The molecule has 0 radical (unpaired) electrons. The number of ether oxygens (including phenoxy) is 1. The number of carbonyl (C=O) groups excluding carboxylic acids is 1. The lowest BCUT2D eigenvalue weighted by molar-refractivity contribution is 0.0472. The highest BCUT2D eigenvalue weighted by molar-refractivity contribution is 7.18. The molecule has 1 aliphatic heterocycles. The van der Waals surface area contributed by atoms with E-state index in [1.54, 1.807) is 22.0 Å². The van der Waals surface area contributed by atoms with E-state index in [4.69, 9.17) is 9.72 Å². The average Bonchev–Trinajstić information content (AvgIpc) is 3.63. The largest absolute Gasteiger partial charge is 0.444 e.